The van der Waals surface area contributed by atoms with Crippen LogP contribution in [0.4, 0.5) is 11.6 Å². The van der Waals surface area contributed by atoms with Crippen LogP contribution in [0.25, 0.3) is 11.3 Å². The lowest BCUT2D eigenvalue weighted by Gasteiger charge is -2.09. The molecule has 3 rings (SSSR count). The Morgan fingerprint density at radius 1 is 1.14 bits per heavy atom. The van der Waals surface area contributed by atoms with Crippen molar-refractivity contribution in [2.24, 2.45) is 0 Å². The van der Waals surface area contributed by atoms with Crippen LogP contribution in [-0.2, 0) is 6.54 Å². The van der Waals surface area contributed by atoms with Crippen molar-refractivity contribution >= 4 is 23.2 Å². The Morgan fingerprint density at radius 2 is 2.05 bits per heavy atom. The van der Waals surface area contributed by atoms with Gasteiger partial charge in [-0.05, 0) is 29.8 Å². The molecule has 0 spiro atoms. The number of hydrogen-bond acceptors (Lipinski definition) is 5. The number of aromatic nitrogens is 3. The highest BCUT2D eigenvalue weighted by Crippen LogP contribution is 2.27. The molecule has 0 atom stereocenters. The smallest absolute Gasteiger partial charge is 0.126 e. The molecule has 3 N–H and O–H groups in total. The first-order valence-electron chi connectivity index (χ1n) is 6.73. The van der Waals surface area contributed by atoms with Gasteiger partial charge in [-0.15, -0.1) is 0 Å². The second-order valence-electron chi connectivity index (χ2n) is 4.71. The first-order chi connectivity index (χ1) is 10.7. The van der Waals surface area contributed by atoms with E-state index in [2.05, 4.69) is 20.3 Å². The summed E-state index contributed by atoms with van der Waals surface area (Å²) in [6, 6.07) is 11.3. The van der Waals surface area contributed by atoms with E-state index in [1.165, 1.54) is 6.20 Å². The Hall–Kier alpha value is -2.66. The van der Waals surface area contributed by atoms with Crippen molar-refractivity contribution in [1.29, 1.82) is 0 Å². The van der Waals surface area contributed by atoms with Crippen molar-refractivity contribution < 1.29 is 0 Å². The predicted octanol–water partition coefficient (Wildman–Crippen LogP) is 3.39. The molecule has 110 valence electrons. The largest absolute Gasteiger partial charge is 0.384 e. The van der Waals surface area contributed by atoms with Gasteiger partial charge in [0.2, 0.25) is 0 Å². The van der Waals surface area contributed by atoms with Crippen LogP contribution >= 0.6 is 11.6 Å². The van der Waals surface area contributed by atoms with E-state index in [1.807, 2.05) is 36.5 Å². The van der Waals surface area contributed by atoms with Gasteiger partial charge >= 0.3 is 0 Å². The minimum atomic E-state index is 0.412. The lowest BCUT2D eigenvalue weighted by atomic mass is 10.1. The number of nitrogens with two attached hydrogens (primary N) is 1. The van der Waals surface area contributed by atoms with Crippen LogP contribution in [0.3, 0.4) is 0 Å². The third-order valence-corrected chi connectivity index (χ3v) is 3.40. The zero-order valence-corrected chi connectivity index (χ0v) is 12.5. The van der Waals surface area contributed by atoms with Crippen molar-refractivity contribution in [2.45, 2.75) is 6.54 Å². The average molecular weight is 312 g/mol. The van der Waals surface area contributed by atoms with Gasteiger partial charge in [-0.25, -0.2) is 9.97 Å². The molecule has 0 saturated heterocycles. The van der Waals surface area contributed by atoms with E-state index in [4.69, 9.17) is 17.3 Å². The fourth-order valence-corrected chi connectivity index (χ4v) is 2.23. The summed E-state index contributed by atoms with van der Waals surface area (Å²) in [7, 11) is 0. The van der Waals surface area contributed by atoms with Crippen LogP contribution in [0.5, 0.6) is 0 Å². The van der Waals surface area contributed by atoms with E-state index in [1.54, 1.807) is 12.3 Å². The summed E-state index contributed by atoms with van der Waals surface area (Å²) in [5.41, 5.74) is 8.31. The van der Waals surface area contributed by atoms with Gasteiger partial charge < -0.3 is 11.1 Å². The summed E-state index contributed by atoms with van der Waals surface area (Å²) >= 11 is 6.17. The molecule has 3 heterocycles. The van der Waals surface area contributed by atoms with Gasteiger partial charge in [0.15, 0.2) is 0 Å². The number of nitrogens with zero attached hydrogens (tertiary/aromatic N) is 3. The van der Waals surface area contributed by atoms with E-state index >= 15 is 0 Å². The summed E-state index contributed by atoms with van der Waals surface area (Å²) in [6.07, 6.45) is 5.10. The quantitative estimate of drug-likeness (QED) is 0.772. The van der Waals surface area contributed by atoms with Crippen molar-refractivity contribution in [3.63, 3.8) is 0 Å². The van der Waals surface area contributed by atoms with Crippen LogP contribution in [0.2, 0.25) is 5.02 Å². The third-order valence-electron chi connectivity index (χ3n) is 3.10. The molecular weight excluding hydrogens is 298 g/mol. The van der Waals surface area contributed by atoms with Gasteiger partial charge in [-0.1, -0.05) is 23.7 Å². The van der Waals surface area contributed by atoms with Gasteiger partial charge in [0.1, 0.15) is 11.6 Å². The zero-order chi connectivity index (χ0) is 15.4. The van der Waals surface area contributed by atoms with Crippen molar-refractivity contribution in [2.75, 3.05) is 11.1 Å². The molecule has 0 saturated carbocycles. The second kappa shape index (κ2) is 6.41. The predicted molar refractivity (Wildman–Crippen MR) is 88.5 cm³/mol. The van der Waals surface area contributed by atoms with Crippen molar-refractivity contribution in [3.8, 4) is 11.3 Å². The van der Waals surface area contributed by atoms with Crippen LogP contribution in [0.1, 0.15) is 5.56 Å². The normalized spacial score (nSPS) is 10.4. The standard InChI is InChI=1S/C16H14ClN5/c17-13-10-20-15(18)7-12(13)14-4-1-5-16(22-14)21-9-11-3-2-6-19-8-11/h1-8,10H,9H2,(H2,18,20)(H,21,22). The van der Waals surface area contributed by atoms with E-state index < -0.39 is 0 Å². The number of nitrogens with one attached hydrogen (secondary N) is 1. The van der Waals surface area contributed by atoms with Gasteiger partial charge in [0, 0.05) is 30.7 Å². The molecule has 0 aliphatic carbocycles. The van der Waals surface area contributed by atoms with E-state index in [9.17, 15) is 0 Å². The summed E-state index contributed by atoms with van der Waals surface area (Å²) in [6.45, 7) is 0.649. The van der Waals surface area contributed by atoms with E-state index in [-0.39, 0.29) is 0 Å². The van der Waals surface area contributed by atoms with E-state index in [0.717, 1.165) is 22.6 Å². The minimum absolute atomic E-state index is 0.412. The van der Waals surface area contributed by atoms with Crippen LogP contribution in [-0.4, -0.2) is 15.0 Å². The van der Waals surface area contributed by atoms with Crippen LogP contribution in [0, 0.1) is 0 Å². The molecule has 6 heteroatoms. The van der Waals surface area contributed by atoms with Crippen molar-refractivity contribution in [1.82, 2.24) is 15.0 Å². The summed E-state index contributed by atoms with van der Waals surface area (Å²) in [4.78, 5) is 12.6. The maximum atomic E-state index is 6.17. The highest BCUT2D eigenvalue weighted by molar-refractivity contribution is 6.33. The molecule has 0 bridgehead atoms. The highest BCUT2D eigenvalue weighted by atomic mass is 35.5. The monoisotopic (exact) mass is 311 g/mol. The molecule has 0 unspecified atom stereocenters. The zero-order valence-electron chi connectivity index (χ0n) is 11.7. The SMILES string of the molecule is Nc1cc(-c2cccc(NCc3cccnc3)n2)c(Cl)cn1. The average Bonchev–Trinajstić information content (AvgIpc) is 2.56. The number of hydrogen-bond donors (Lipinski definition) is 2. The van der Waals surface area contributed by atoms with E-state index in [0.29, 0.717) is 17.4 Å². The van der Waals surface area contributed by atoms with Crippen LogP contribution < -0.4 is 11.1 Å². The molecule has 0 aliphatic rings. The van der Waals surface area contributed by atoms with Gasteiger partial charge in [-0.2, -0.15) is 0 Å². The highest BCUT2D eigenvalue weighted by Gasteiger charge is 2.07. The maximum Gasteiger partial charge on any atom is 0.126 e. The molecule has 0 amide bonds. The Balaban J connectivity index is 1.82. The summed E-state index contributed by atoms with van der Waals surface area (Å²) in [5.74, 6) is 1.17. The van der Waals surface area contributed by atoms with Gasteiger partial charge in [-0.3, -0.25) is 4.98 Å². The number of halogens is 1. The number of anilines is 2. The molecule has 3 aromatic heterocycles. The second-order valence-corrected chi connectivity index (χ2v) is 5.12. The topological polar surface area (TPSA) is 76.7 Å². The first-order valence-corrected chi connectivity index (χ1v) is 7.11. The Morgan fingerprint density at radius 3 is 2.86 bits per heavy atom. The molecule has 0 fully saturated rings. The third kappa shape index (κ3) is 3.32. The molecular formula is C16H14ClN5. The molecule has 0 radical (unpaired) electrons. The number of rotatable bonds is 4. The number of nitrogen functional groups attached to an aromatic ring is 1. The molecule has 0 aromatic carbocycles. The molecule has 0 aliphatic heterocycles. The molecule has 3 aromatic rings. The lowest BCUT2D eigenvalue weighted by Crippen LogP contribution is -2.02. The maximum absolute atomic E-state index is 6.17. The first kappa shape index (κ1) is 14.3. The summed E-state index contributed by atoms with van der Waals surface area (Å²) in [5, 5.41) is 3.78. The van der Waals surface area contributed by atoms with Gasteiger partial charge in [0.25, 0.3) is 0 Å². The molecule has 5 nitrogen and oxygen atoms in total. The lowest BCUT2D eigenvalue weighted by molar-refractivity contribution is 1.09. The fraction of sp³-hybridized carbons (Fsp3) is 0.0625. The molecule has 22 heavy (non-hydrogen) atoms. The van der Waals surface area contributed by atoms with Crippen LogP contribution in [0.15, 0.2) is 55.0 Å². The van der Waals surface area contributed by atoms with Crippen molar-refractivity contribution in [3.05, 3.63) is 65.6 Å². The van der Waals surface area contributed by atoms with Gasteiger partial charge in [0.05, 0.1) is 10.7 Å². The Labute approximate surface area is 133 Å². The fourth-order valence-electron chi connectivity index (χ4n) is 2.03. The number of pyridine rings is 3. The minimum Gasteiger partial charge on any atom is -0.384 e. The Bertz CT molecular complexity index is 776. The summed E-state index contributed by atoms with van der Waals surface area (Å²) < 4.78 is 0. The Kier molecular flexibility index (Phi) is 4.16.